The smallest absolute Gasteiger partial charge is 0.321 e. The van der Waals surface area contributed by atoms with Gasteiger partial charge in [0.25, 0.3) is 0 Å². The van der Waals surface area contributed by atoms with Crippen LogP contribution in [-0.2, 0) is 4.79 Å². The Morgan fingerprint density at radius 3 is 2.52 bits per heavy atom. The van der Waals surface area contributed by atoms with Crippen molar-refractivity contribution in [1.29, 1.82) is 0 Å². The highest BCUT2D eigenvalue weighted by atomic mass is 16.2. The minimum absolute atomic E-state index is 0.0252. The highest BCUT2D eigenvalue weighted by Crippen LogP contribution is 2.20. The molecule has 130 valence electrons. The second-order valence-electron chi connectivity index (χ2n) is 6.44. The molecule has 0 saturated carbocycles. The van der Waals surface area contributed by atoms with Crippen molar-refractivity contribution >= 4 is 23.3 Å². The molecular formula is C20H23N3O2. The zero-order valence-corrected chi connectivity index (χ0v) is 14.4. The summed E-state index contributed by atoms with van der Waals surface area (Å²) in [4.78, 5) is 26.7. The fourth-order valence-electron chi connectivity index (χ4n) is 3.07. The third-order valence-electron chi connectivity index (χ3n) is 4.39. The van der Waals surface area contributed by atoms with Crippen molar-refractivity contribution in [3.05, 3.63) is 60.2 Å². The highest BCUT2D eigenvalue weighted by Gasteiger charge is 2.28. The van der Waals surface area contributed by atoms with Crippen molar-refractivity contribution in [2.75, 3.05) is 23.7 Å². The normalized spacial score (nSPS) is 17.0. The summed E-state index contributed by atoms with van der Waals surface area (Å²) in [5.41, 5.74) is 2.67. The van der Waals surface area contributed by atoms with E-state index in [2.05, 4.69) is 10.6 Å². The van der Waals surface area contributed by atoms with E-state index in [9.17, 15) is 9.59 Å². The van der Waals surface area contributed by atoms with E-state index < -0.39 is 0 Å². The molecule has 2 aromatic rings. The first-order chi connectivity index (χ1) is 12.1. The lowest BCUT2D eigenvalue weighted by Gasteiger charge is -2.32. The maximum absolute atomic E-state index is 12.5. The Morgan fingerprint density at radius 2 is 1.76 bits per heavy atom. The van der Waals surface area contributed by atoms with Gasteiger partial charge in [0, 0.05) is 24.5 Å². The molecule has 1 saturated heterocycles. The summed E-state index contributed by atoms with van der Waals surface area (Å²) in [6.07, 6.45) is 1.63. The second-order valence-corrected chi connectivity index (χ2v) is 6.44. The maximum Gasteiger partial charge on any atom is 0.321 e. The van der Waals surface area contributed by atoms with Crippen LogP contribution in [0.2, 0.25) is 0 Å². The number of amides is 3. The van der Waals surface area contributed by atoms with Gasteiger partial charge in [-0.1, -0.05) is 30.3 Å². The van der Waals surface area contributed by atoms with Crippen molar-refractivity contribution in [3.63, 3.8) is 0 Å². The van der Waals surface area contributed by atoms with Crippen molar-refractivity contribution in [1.82, 2.24) is 4.90 Å². The lowest BCUT2D eigenvalue weighted by Crippen LogP contribution is -2.45. The molecule has 1 aliphatic rings. The zero-order chi connectivity index (χ0) is 17.6. The van der Waals surface area contributed by atoms with E-state index in [0.717, 1.165) is 29.8 Å². The largest absolute Gasteiger partial charge is 0.326 e. The number of carbonyl (C=O) groups is 2. The fraction of sp³-hybridized carbons (Fsp3) is 0.300. The van der Waals surface area contributed by atoms with E-state index in [1.165, 1.54) is 0 Å². The van der Waals surface area contributed by atoms with Gasteiger partial charge in [0.1, 0.15) is 0 Å². The van der Waals surface area contributed by atoms with Crippen molar-refractivity contribution < 1.29 is 9.59 Å². The van der Waals surface area contributed by atoms with E-state index >= 15 is 0 Å². The molecular weight excluding hydrogens is 314 g/mol. The summed E-state index contributed by atoms with van der Waals surface area (Å²) >= 11 is 0. The Kier molecular flexibility index (Phi) is 5.33. The number of nitrogens with zero attached hydrogens (tertiary/aromatic N) is 1. The standard InChI is InChI=1S/C20H23N3O2/c1-15-7-5-11-18(13-15)21-19(24)16-8-6-12-23(14-16)20(25)22-17-9-3-2-4-10-17/h2-5,7,9-11,13,16H,6,8,12,14H2,1H3,(H,21,24)(H,22,25)/t16-/m1/s1. The maximum atomic E-state index is 12.5. The van der Waals surface area contributed by atoms with Gasteiger partial charge >= 0.3 is 6.03 Å². The van der Waals surface area contributed by atoms with E-state index in [1.807, 2.05) is 61.5 Å². The molecule has 0 radical (unpaired) electrons. The molecule has 0 unspecified atom stereocenters. The van der Waals surface area contributed by atoms with Crippen molar-refractivity contribution in [3.8, 4) is 0 Å². The minimum Gasteiger partial charge on any atom is -0.326 e. The number of nitrogens with one attached hydrogen (secondary N) is 2. The van der Waals surface area contributed by atoms with Gasteiger partial charge in [0.05, 0.1) is 5.92 Å². The van der Waals surface area contributed by atoms with Crippen LogP contribution in [0.4, 0.5) is 16.2 Å². The number of piperidine rings is 1. The summed E-state index contributed by atoms with van der Waals surface area (Å²) in [5.74, 6) is -0.210. The second kappa shape index (κ2) is 7.83. The average molecular weight is 337 g/mol. The van der Waals surface area contributed by atoms with Crippen LogP contribution in [0.5, 0.6) is 0 Å². The van der Waals surface area contributed by atoms with E-state index in [4.69, 9.17) is 0 Å². The van der Waals surface area contributed by atoms with Crippen LogP contribution in [0, 0.1) is 12.8 Å². The molecule has 0 aliphatic carbocycles. The molecule has 25 heavy (non-hydrogen) atoms. The Morgan fingerprint density at radius 1 is 1.00 bits per heavy atom. The zero-order valence-electron chi connectivity index (χ0n) is 14.4. The number of carbonyl (C=O) groups excluding carboxylic acids is 2. The molecule has 5 heteroatoms. The number of para-hydroxylation sites is 1. The summed E-state index contributed by atoms with van der Waals surface area (Å²) in [6, 6.07) is 17.0. The van der Waals surface area contributed by atoms with Crippen LogP contribution in [0.1, 0.15) is 18.4 Å². The number of benzene rings is 2. The first-order valence-corrected chi connectivity index (χ1v) is 8.60. The predicted octanol–water partition coefficient (Wildman–Crippen LogP) is 3.88. The third-order valence-corrected chi connectivity index (χ3v) is 4.39. The molecule has 3 amide bonds. The summed E-state index contributed by atoms with van der Waals surface area (Å²) < 4.78 is 0. The van der Waals surface area contributed by atoms with Crippen LogP contribution in [0.3, 0.4) is 0 Å². The van der Waals surface area contributed by atoms with Crippen molar-refractivity contribution in [2.45, 2.75) is 19.8 Å². The van der Waals surface area contributed by atoms with Crippen LogP contribution in [-0.4, -0.2) is 29.9 Å². The molecule has 0 aromatic heterocycles. The van der Waals surface area contributed by atoms with Crippen LogP contribution >= 0.6 is 0 Å². The topological polar surface area (TPSA) is 61.4 Å². The first-order valence-electron chi connectivity index (χ1n) is 8.60. The minimum atomic E-state index is -0.184. The van der Waals surface area contributed by atoms with Gasteiger partial charge in [-0.25, -0.2) is 4.79 Å². The number of aryl methyl sites for hydroxylation is 1. The van der Waals surface area contributed by atoms with Crippen LogP contribution in [0.25, 0.3) is 0 Å². The number of anilines is 2. The predicted molar refractivity (Wildman–Crippen MR) is 99.6 cm³/mol. The number of rotatable bonds is 3. The first kappa shape index (κ1) is 17.0. The van der Waals surface area contributed by atoms with Gasteiger partial charge in [0.15, 0.2) is 0 Å². The number of urea groups is 1. The SMILES string of the molecule is Cc1cccc(NC(=O)[C@@H]2CCCN(C(=O)Nc3ccccc3)C2)c1. The van der Waals surface area contributed by atoms with Gasteiger partial charge in [-0.3, -0.25) is 4.79 Å². The number of hydrogen-bond donors (Lipinski definition) is 2. The number of hydrogen-bond acceptors (Lipinski definition) is 2. The Bertz CT molecular complexity index is 746. The lowest BCUT2D eigenvalue weighted by molar-refractivity contribution is -0.121. The van der Waals surface area contributed by atoms with Gasteiger partial charge in [-0.05, 0) is 49.6 Å². The molecule has 1 heterocycles. The molecule has 2 N–H and O–H groups in total. The monoisotopic (exact) mass is 337 g/mol. The van der Waals surface area contributed by atoms with E-state index in [0.29, 0.717) is 13.1 Å². The molecule has 1 aliphatic heterocycles. The van der Waals surface area contributed by atoms with E-state index in [-0.39, 0.29) is 17.9 Å². The third kappa shape index (κ3) is 4.59. The molecule has 0 bridgehead atoms. The van der Waals surface area contributed by atoms with Gasteiger partial charge in [0.2, 0.25) is 5.91 Å². The summed E-state index contributed by atoms with van der Waals surface area (Å²) in [6.45, 7) is 3.11. The number of likely N-dealkylation sites (tertiary alicyclic amines) is 1. The molecule has 1 atom stereocenters. The van der Waals surface area contributed by atoms with Crippen LogP contribution < -0.4 is 10.6 Å². The molecule has 0 spiro atoms. The highest BCUT2D eigenvalue weighted by molar-refractivity contribution is 5.94. The van der Waals surface area contributed by atoms with Crippen LogP contribution in [0.15, 0.2) is 54.6 Å². The average Bonchev–Trinajstić information content (AvgIpc) is 2.62. The Hall–Kier alpha value is -2.82. The summed E-state index contributed by atoms with van der Waals surface area (Å²) in [7, 11) is 0. The molecule has 3 rings (SSSR count). The fourth-order valence-corrected chi connectivity index (χ4v) is 3.07. The summed E-state index contributed by atoms with van der Waals surface area (Å²) in [5, 5.41) is 5.85. The van der Waals surface area contributed by atoms with Gasteiger partial charge in [-0.2, -0.15) is 0 Å². The molecule has 5 nitrogen and oxygen atoms in total. The van der Waals surface area contributed by atoms with Gasteiger partial charge < -0.3 is 15.5 Å². The molecule has 2 aromatic carbocycles. The van der Waals surface area contributed by atoms with E-state index in [1.54, 1.807) is 4.90 Å². The quantitative estimate of drug-likeness (QED) is 0.893. The Balaban J connectivity index is 1.58. The lowest BCUT2D eigenvalue weighted by atomic mass is 9.97. The van der Waals surface area contributed by atoms with Gasteiger partial charge in [-0.15, -0.1) is 0 Å². The Labute approximate surface area is 148 Å². The molecule has 1 fully saturated rings. The van der Waals surface area contributed by atoms with Crippen molar-refractivity contribution in [2.24, 2.45) is 5.92 Å².